The van der Waals surface area contributed by atoms with E-state index in [1.807, 2.05) is 24.3 Å². The van der Waals surface area contributed by atoms with Crippen LogP contribution in [-0.2, 0) is 0 Å². The van der Waals surface area contributed by atoms with Crippen molar-refractivity contribution in [3.05, 3.63) is 155 Å². The molecule has 8 heteroatoms. The summed E-state index contributed by atoms with van der Waals surface area (Å²) >= 11 is 3.35. The molecule has 0 radical (unpaired) electrons. The predicted octanol–water partition coefficient (Wildman–Crippen LogP) is 11.6. The van der Waals surface area contributed by atoms with E-state index in [4.69, 9.17) is 0 Å². The highest BCUT2D eigenvalue weighted by Gasteiger charge is 2.28. The van der Waals surface area contributed by atoms with Crippen LogP contribution in [0.25, 0.3) is 87.1 Å². The van der Waals surface area contributed by atoms with E-state index in [1.165, 1.54) is 0 Å². The largest absolute Gasteiger partial charge is 0.293 e. The molecule has 0 aliphatic carbocycles. The van der Waals surface area contributed by atoms with E-state index in [-0.39, 0.29) is 0 Å². The van der Waals surface area contributed by atoms with Crippen LogP contribution < -0.4 is 0 Å². The molecule has 0 bridgehead atoms. The molecule has 0 aliphatic rings. The zero-order valence-corrected chi connectivity index (χ0v) is 29.0. The van der Waals surface area contributed by atoms with Crippen LogP contribution in [0.15, 0.2) is 144 Å². The van der Waals surface area contributed by atoms with Gasteiger partial charge in [0, 0.05) is 32.3 Å². The highest BCUT2D eigenvalue weighted by atomic mass is 32.1. The van der Waals surface area contributed by atoms with Crippen molar-refractivity contribution in [1.82, 2.24) is 18.3 Å². The fourth-order valence-corrected chi connectivity index (χ4v) is 9.76. The van der Waals surface area contributed by atoms with Crippen LogP contribution in [0.1, 0.15) is 11.1 Å². The summed E-state index contributed by atoms with van der Waals surface area (Å²) in [6.07, 6.45) is 0. The first-order valence-electron chi connectivity index (χ1n) is 16.9. The van der Waals surface area contributed by atoms with Gasteiger partial charge in [0.1, 0.15) is 32.9 Å². The molecule has 0 fully saturated rings. The van der Waals surface area contributed by atoms with Gasteiger partial charge in [0.25, 0.3) is 0 Å². The zero-order valence-electron chi connectivity index (χ0n) is 27.4. The number of nitrogens with zero attached hydrogens (tertiary/aromatic N) is 6. The molecule has 6 aromatic heterocycles. The zero-order chi connectivity index (χ0) is 34.5. The summed E-state index contributed by atoms with van der Waals surface area (Å²) in [5.41, 5.74) is 8.30. The lowest BCUT2D eigenvalue weighted by Gasteiger charge is -2.18. The Labute approximate surface area is 304 Å². The van der Waals surface area contributed by atoms with Crippen molar-refractivity contribution in [3.63, 3.8) is 0 Å². The number of hydrogen-bond donors (Lipinski definition) is 0. The molecule has 0 saturated carbocycles. The Morgan fingerprint density at radius 1 is 0.423 bits per heavy atom. The highest BCUT2D eigenvalue weighted by molar-refractivity contribution is 7.12. The van der Waals surface area contributed by atoms with E-state index in [9.17, 15) is 10.5 Å². The number of thiophene rings is 2. The first-order chi connectivity index (χ1) is 25.8. The Kier molecular flexibility index (Phi) is 6.03. The summed E-state index contributed by atoms with van der Waals surface area (Å²) in [6, 6.07) is 51.0. The lowest BCUT2D eigenvalue weighted by atomic mass is 10.1. The molecule has 0 N–H and O–H groups in total. The van der Waals surface area contributed by atoms with Crippen LogP contribution >= 0.6 is 22.7 Å². The first-order valence-corrected chi connectivity index (χ1v) is 18.6. The lowest BCUT2D eigenvalue weighted by molar-refractivity contribution is 1.05. The number of nitriles is 2. The molecular formula is C44H24N6S2. The van der Waals surface area contributed by atoms with Crippen molar-refractivity contribution in [2.24, 2.45) is 0 Å². The van der Waals surface area contributed by atoms with Crippen molar-refractivity contribution in [1.29, 1.82) is 10.5 Å². The normalized spacial score (nSPS) is 11.8. The second kappa shape index (κ2) is 10.8. The third-order valence-corrected chi connectivity index (χ3v) is 11.9. The van der Waals surface area contributed by atoms with Crippen molar-refractivity contribution in [2.75, 3.05) is 0 Å². The maximum absolute atomic E-state index is 11.4. The van der Waals surface area contributed by atoms with Gasteiger partial charge in [-0.25, -0.2) is 0 Å². The minimum Gasteiger partial charge on any atom is -0.293 e. The van der Waals surface area contributed by atoms with Gasteiger partial charge in [-0.05, 0) is 71.4 Å². The number of para-hydroxylation sites is 4. The van der Waals surface area contributed by atoms with Gasteiger partial charge in [-0.2, -0.15) is 10.5 Å². The fraction of sp³-hybridized carbons (Fsp3) is 0. The molecule has 11 rings (SSSR count). The summed E-state index contributed by atoms with van der Waals surface area (Å²) in [6.45, 7) is 0. The Morgan fingerprint density at radius 3 is 1.15 bits per heavy atom. The molecule has 0 atom stereocenters. The molecular weight excluding hydrogens is 677 g/mol. The van der Waals surface area contributed by atoms with E-state index in [1.54, 1.807) is 22.7 Å². The molecule has 0 amide bonds. The van der Waals surface area contributed by atoms with Crippen LogP contribution in [0.2, 0.25) is 0 Å². The van der Waals surface area contributed by atoms with Gasteiger partial charge in [-0.3, -0.25) is 18.3 Å². The van der Waals surface area contributed by atoms with Crippen LogP contribution in [0.4, 0.5) is 0 Å². The Hall–Kier alpha value is -6.84. The monoisotopic (exact) mass is 700 g/mol. The number of aromatic nitrogens is 4. The molecule has 5 aromatic carbocycles. The standard InChI is InChI=1S/C44H24N6S2/c45-25-27-23-37(47-33-15-5-1-11-28(33)41-30-13-3-7-17-35(30)49(43(41)47)39-19-9-21-51-39)32(26-46)38(24-27)48-34-16-6-2-12-29(34)42-31-14-4-8-18-36(31)50(44(42)48)40-20-10-22-52-40/h1-24H. The molecule has 0 spiro atoms. The fourth-order valence-electron chi connectivity index (χ4n) is 8.27. The van der Waals surface area contributed by atoms with Crippen LogP contribution in [0.5, 0.6) is 0 Å². The van der Waals surface area contributed by atoms with E-state index < -0.39 is 0 Å². The predicted molar refractivity (Wildman–Crippen MR) is 214 cm³/mol. The smallest absolute Gasteiger partial charge is 0.132 e. The SMILES string of the molecule is N#Cc1cc(-n2c3ccccc3c3c4ccccc4n(-c4cccs4)c32)c(C#N)c(-n2c3ccccc3c3c4ccccc4n(-c4cccs4)c32)c1. The van der Waals surface area contributed by atoms with E-state index in [2.05, 4.69) is 150 Å². The third-order valence-electron chi connectivity index (χ3n) is 10.2. The topological polar surface area (TPSA) is 67.3 Å². The maximum Gasteiger partial charge on any atom is 0.132 e. The second-order valence-corrected chi connectivity index (χ2v) is 14.7. The Bertz CT molecular complexity index is 3110. The van der Waals surface area contributed by atoms with Gasteiger partial charge in [-0.15, -0.1) is 22.7 Å². The third kappa shape index (κ3) is 3.74. The van der Waals surface area contributed by atoms with Crippen LogP contribution in [-0.4, -0.2) is 18.3 Å². The van der Waals surface area contributed by atoms with Gasteiger partial charge in [-0.1, -0.05) is 72.8 Å². The minimum absolute atomic E-state index is 0.471. The van der Waals surface area contributed by atoms with Gasteiger partial charge >= 0.3 is 0 Å². The van der Waals surface area contributed by atoms with Gasteiger partial charge < -0.3 is 0 Å². The van der Waals surface area contributed by atoms with Crippen molar-refractivity contribution in [2.45, 2.75) is 0 Å². The molecule has 0 aliphatic heterocycles. The molecule has 52 heavy (non-hydrogen) atoms. The van der Waals surface area contributed by atoms with Gasteiger partial charge in [0.15, 0.2) is 0 Å². The Balaban J connectivity index is 1.35. The minimum atomic E-state index is 0.471. The summed E-state index contributed by atoms with van der Waals surface area (Å²) < 4.78 is 9.00. The summed E-state index contributed by atoms with van der Waals surface area (Å²) in [5.74, 6) is 0. The number of benzene rings is 5. The number of fused-ring (bicyclic) bond motifs is 10. The van der Waals surface area contributed by atoms with Crippen molar-refractivity contribution < 1.29 is 0 Å². The second-order valence-electron chi connectivity index (χ2n) is 12.8. The molecule has 0 unspecified atom stereocenters. The quantitative estimate of drug-likeness (QED) is 0.183. The lowest BCUT2D eigenvalue weighted by Crippen LogP contribution is -2.08. The van der Waals surface area contributed by atoms with Gasteiger partial charge in [0.2, 0.25) is 0 Å². The van der Waals surface area contributed by atoms with E-state index in [0.717, 1.165) is 75.7 Å². The van der Waals surface area contributed by atoms with Crippen molar-refractivity contribution in [3.8, 4) is 33.5 Å². The molecule has 11 aromatic rings. The summed E-state index contributed by atoms with van der Waals surface area (Å²) in [7, 11) is 0. The molecule has 242 valence electrons. The Morgan fingerprint density at radius 2 is 0.808 bits per heavy atom. The number of hydrogen-bond acceptors (Lipinski definition) is 4. The molecule has 6 nitrogen and oxygen atoms in total. The molecule has 6 heterocycles. The highest BCUT2D eigenvalue weighted by Crippen LogP contribution is 2.45. The first kappa shape index (κ1) is 28.9. The van der Waals surface area contributed by atoms with E-state index in [0.29, 0.717) is 22.5 Å². The van der Waals surface area contributed by atoms with E-state index >= 15 is 0 Å². The van der Waals surface area contributed by atoms with Crippen LogP contribution in [0, 0.1) is 22.7 Å². The van der Waals surface area contributed by atoms with Crippen molar-refractivity contribution >= 4 is 88.4 Å². The maximum atomic E-state index is 11.4. The average Bonchev–Trinajstić information content (AvgIpc) is 4.04. The van der Waals surface area contributed by atoms with Gasteiger partial charge in [0.05, 0.1) is 45.1 Å². The average molecular weight is 701 g/mol. The summed E-state index contributed by atoms with van der Waals surface area (Å²) in [4.78, 5) is 0. The molecule has 0 saturated heterocycles. The summed E-state index contributed by atoms with van der Waals surface area (Å²) in [5, 5.41) is 35.0. The van der Waals surface area contributed by atoms with Crippen LogP contribution in [0.3, 0.4) is 0 Å². The number of rotatable bonds is 4.